The predicted molar refractivity (Wildman–Crippen MR) is 99.4 cm³/mol. The van der Waals surface area contributed by atoms with E-state index in [0.717, 1.165) is 16.5 Å². The number of anilines is 1. The van der Waals surface area contributed by atoms with Crippen molar-refractivity contribution < 1.29 is 32.6 Å². The Morgan fingerprint density at radius 3 is 2.57 bits per heavy atom. The minimum Gasteiger partial charge on any atom is -0.493 e. The second-order valence-electron chi connectivity index (χ2n) is 5.83. The van der Waals surface area contributed by atoms with Crippen molar-refractivity contribution in [3.63, 3.8) is 0 Å². The summed E-state index contributed by atoms with van der Waals surface area (Å²) in [6, 6.07) is 9.97. The van der Waals surface area contributed by atoms with Crippen LogP contribution in [0.3, 0.4) is 0 Å². The molecule has 1 heterocycles. The molecule has 1 aliphatic rings. The Labute approximate surface area is 164 Å². The number of halogens is 2. The number of carbonyl (C=O) groups is 2. The summed E-state index contributed by atoms with van der Waals surface area (Å²) < 4.78 is 39.5. The molecule has 28 heavy (non-hydrogen) atoms. The largest absolute Gasteiger partial charge is 0.493 e. The molecular weight excluding hydrogens is 392 g/mol. The Hall–Kier alpha value is -2.81. The zero-order valence-corrected chi connectivity index (χ0v) is 15.8. The zero-order chi connectivity index (χ0) is 20.3. The number of fused-ring (bicyclic) bond motifs is 1. The van der Waals surface area contributed by atoms with E-state index in [4.69, 9.17) is 9.47 Å². The number of hydrogen-bond donors (Lipinski definition) is 1. The number of benzene rings is 2. The van der Waals surface area contributed by atoms with Gasteiger partial charge in [-0.05, 0) is 18.1 Å². The van der Waals surface area contributed by atoms with Gasteiger partial charge in [-0.3, -0.25) is 4.79 Å². The molecule has 1 atom stereocenters. The van der Waals surface area contributed by atoms with Crippen LogP contribution in [-0.2, 0) is 16.0 Å². The average molecular weight is 409 g/mol. The number of carbonyl (C=O) groups excluding carboxylic acids is 2. The predicted octanol–water partition coefficient (Wildman–Crippen LogP) is 3.74. The van der Waals surface area contributed by atoms with E-state index in [-0.39, 0.29) is 28.7 Å². The van der Waals surface area contributed by atoms with Gasteiger partial charge >= 0.3 is 12.6 Å². The number of methoxy groups -OCH3 is 2. The van der Waals surface area contributed by atoms with Gasteiger partial charge in [0.1, 0.15) is 0 Å². The summed E-state index contributed by atoms with van der Waals surface area (Å²) in [7, 11) is 2.42. The highest BCUT2D eigenvalue weighted by molar-refractivity contribution is 8.01. The molecule has 2 aromatic carbocycles. The molecule has 9 heteroatoms. The normalized spacial score (nSPS) is 15.1. The van der Waals surface area contributed by atoms with Crippen LogP contribution in [0, 0.1) is 0 Å². The maximum atomic E-state index is 12.7. The topological polar surface area (TPSA) is 73.9 Å². The number of esters is 1. The van der Waals surface area contributed by atoms with E-state index in [1.165, 1.54) is 32.0 Å². The maximum Gasteiger partial charge on any atom is 0.387 e. The lowest BCUT2D eigenvalue weighted by atomic mass is 10.1. The van der Waals surface area contributed by atoms with Crippen LogP contribution in [0.15, 0.2) is 41.3 Å². The monoisotopic (exact) mass is 409 g/mol. The minimum absolute atomic E-state index is 0.00450. The van der Waals surface area contributed by atoms with Crippen molar-refractivity contribution in [2.75, 3.05) is 19.5 Å². The van der Waals surface area contributed by atoms with Crippen molar-refractivity contribution in [3.05, 3.63) is 47.5 Å². The molecule has 0 bridgehead atoms. The lowest BCUT2D eigenvalue weighted by Crippen LogP contribution is -2.26. The Kier molecular flexibility index (Phi) is 6.03. The van der Waals surface area contributed by atoms with Crippen LogP contribution in [0.1, 0.15) is 15.9 Å². The SMILES string of the molecule is COC(=O)c1cc(OC)c(OC(F)F)cc1NC(=O)[C@@H]1Cc2ccccc2S1. The molecule has 1 amide bonds. The van der Waals surface area contributed by atoms with Crippen LogP contribution in [0.4, 0.5) is 14.5 Å². The number of thioether (sulfide) groups is 1. The van der Waals surface area contributed by atoms with E-state index in [1.54, 1.807) is 0 Å². The van der Waals surface area contributed by atoms with Gasteiger partial charge in [0.25, 0.3) is 0 Å². The van der Waals surface area contributed by atoms with Crippen molar-refractivity contribution >= 4 is 29.3 Å². The van der Waals surface area contributed by atoms with Crippen LogP contribution >= 0.6 is 11.8 Å². The van der Waals surface area contributed by atoms with Crippen molar-refractivity contribution in [1.29, 1.82) is 0 Å². The van der Waals surface area contributed by atoms with Gasteiger partial charge in [0, 0.05) is 17.0 Å². The van der Waals surface area contributed by atoms with Gasteiger partial charge in [0.2, 0.25) is 5.91 Å². The number of amides is 1. The number of nitrogens with one attached hydrogen (secondary N) is 1. The Balaban J connectivity index is 1.89. The quantitative estimate of drug-likeness (QED) is 0.733. The lowest BCUT2D eigenvalue weighted by Gasteiger charge is -2.17. The third kappa shape index (κ3) is 4.19. The fourth-order valence-corrected chi connectivity index (χ4v) is 4.03. The summed E-state index contributed by atoms with van der Waals surface area (Å²) >= 11 is 1.40. The van der Waals surface area contributed by atoms with E-state index in [1.807, 2.05) is 24.3 Å². The first-order chi connectivity index (χ1) is 13.4. The van der Waals surface area contributed by atoms with Gasteiger partial charge in [0.15, 0.2) is 11.5 Å². The molecule has 0 spiro atoms. The molecule has 0 saturated heterocycles. The lowest BCUT2D eigenvalue weighted by molar-refractivity contribution is -0.115. The fraction of sp³-hybridized carbons (Fsp3) is 0.263. The number of ether oxygens (including phenoxy) is 3. The number of rotatable bonds is 6. The van der Waals surface area contributed by atoms with Gasteiger partial charge < -0.3 is 19.5 Å². The standard InChI is InChI=1S/C19H17F2NO5S/c1-25-13-8-11(18(24)26-2)12(9-14(13)27-19(20)21)22-17(23)16-7-10-5-3-4-6-15(10)28-16/h3-6,8-9,16,19H,7H2,1-2H3,(H,22,23)/t16-/m0/s1. The molecule has 1 N–H and O–H groups in total. The van der Waals surface area contributed by atoms with Crippen molar-refractivity contribution in [1.82, 2.24) is 0 Å². The third-order valence-electron chi connectivity index (χ3n) is 4.12. The van der Waals surface area contributed by atoms with Gasteiger partial charge in [-0.1, -0.05) is 18.2 Å². The van der Waals surface area contributed by atoms with Crippen molar-refractivity contribution in [3.8, 4) is 11.5 Å². The molecule has 0 unspecified atom stereocenters. The smallest absolute Gasteiger partial charge is 0.387 e. The summed E-state index contributed by atoms with van der Waals surface area (Å²) in [5, 5.41) is 2.21. The third-order valence-corrected chi connectivity index (χ3v) is 5.44. The first kappa shape index (κ1) is 19.9. The van der Waals surface area contributed by atoms with E-state index in [9.17, 15) is 18.4 Å². The highest BCUT2D eigenvalue weighted by atomic mass is 32.2. The van der Waals surface area contributed by atoms with Gasteiger partial charge in [-0.25, -0.2) is 4.79 Å². The highest BCUT2D eigenvalue weighted by Crippen LogP contribution is 2.39. The molecule has 0 saturated carbocycles. The molecular formula is C19H17F2NO5S. The molecule has 148 valence electrons. The first-order valence-corrected chi connectivity index (χ1v) is 9.11. The van der Waals surface area contributed by atoms with Crippen LogP contribution in [0.2, 0.25) is 0 Å². The molecule has 3 rings (SSSR count). The molecule has 1 aliphatic heterocycles. The summed E-state index contributed by atoms with van der Waals surface area (Å²) in [5.41, 5.74) is 1.02. The first-order valence-electron chi connectivity index (χ1n) is 8.23. The summed E-state index contributed by atoms with van der Waals surface area (Å²) in [5.74, 6) is -1.50. The number of alkyl halides is 2. The van der Waals surface area contributed by atoms with Crippen LogP contribution in [0.25, 0.3) is 0 Å². The van der Waals surface area contributed by atoms with Gasteiger partial charge in [-0.2, -0.15) is 8.78 Å². The Morgan fingerprint density at radius 2 is 1.93 bits per heavy atom. The summed E-state index contributed by atoms with van der Waals surface area (Å²) in [6.45, 7) is -3.10. The molecule has 6 nitrogen and oxygen atoms in total. The van der Waals surface area contributed by atoms with Crippen molar-refractivity contribution in [2.24, 2.45) is 0 Å². The van der Waals surface area contributed by atoms with Crippen LogP contribution in [-0.4, -0.2) is 38.0 Å². The minimum atomic E-state index is -3.10. The van der Waals surface area contributed by atoms with E-state index in [0.29, 0.717) is 6.42 Å². The Bertz CT molecular complexity index is 881. The maximum absolute atomic E-state index is 12.7. The summed E-state index contributed by atoms with van der Waals surface area (Å²) in [4.78, 5) is 25.8. The average Bonchev–Trinajstić information content (AvgIpc) is 3.11. The van der Waals surface area contributed by atoms with Gasteiger partial charge in [-0.15, -0.1) is 11.8 Å². The van der Waals surface area contributed by atoms with Crippen LogP contribution in [0.5, 0.6) is 11.5 Å². The molecule has 0 fully saturated rings. The highest BCUT2D eigenvalue weighted by Gasteiger charge is 2.29. The molecule has 0 aromatic heterocycles. The molecule has 0 aliphatic carbocycles. The number of hydrogen-bond acceptors (Lipinski definition) is 6. The fourth-order valence-electron chi connectivity index (χ4n) is 2.83. The zero-order valence-electron chi connectivity index (χ0n) is 15.0. The van der Waals surface area contributed by atoms with E-state index in [2.05, 4.69) is 10.1 Å². The molecule has 0 radical (unpaired) electrons. The van der Waals surface area contributed by atoms with E-state index >= 15 is 0 Å². The summed E-state index contributed by atoms with van der Waals surface area (Å²) in [6.07, 6.45) is 0.525. The second-order valence-corrected chi connectivity index (χ2v) is 7.07. The van der Waals surface area contributed by atoms with Crippen molar-refractivity contribution in [2.45, 2.75) is 23.2 Å². The van der Waals surface area contributed by atoms with Crippen LogP contribution < -0.4 is 14.8 Å². The Morgan fingerprint density at radius 1 is 1.18 bits per heavy atom. The molecule has 2 aromatic rings. The van der Waals surface area contributed by atoms with Gasteiger partial charge in [0.05, 0.1) is 30.7 Å². The second kappa shape index (κ2) is 8.47. The van der Waals surface area contributed by atoms with E-state index < -0.39 is 17.8 Å².